The van der Waals surface area contributed by atoms with Crippen LogP contribution in [0.2, 0.25) is 5.02 Å². The summed E-state index contributed by atoms with van der Waals surface area (Å²) in [5.74, 6) is 0.341. The van der Waals surface area contributed by atoms with Crippen molar-refractivity contribution in [1.82, 2.24) is 4.90 Å². The van der Waals surface area contributed by atoms with E-state index in [-0.39, 0.29) is 0 Å². The minimum Gasteiger partial charge on any atom is -0.298 e. The Kier molecular flexibility index (Phi) is 3.39. The van der Waals surface area contributed by atoms with Crippen molar-refractivity contribution < 1.29 is 4.79 Å². The summed E-state index contributed by atoms with van der Waals surface area (Å²) >= 11 is 6.07. The van der Waals surface area contributed by atoms with Gasteiger partial charge in [0.15, 0.2) is 0 Å². The summed E-state index contributed by atoms with van der Waals surface area (Å²) in [6.07, 6.45) is 1.71. The molecule has 1 aromatic rings. The van der Waals surface area contributed by atoms with Crippen LogP contribution < -0.4 is 0 Å². The average molecular weight is 224 g/mol. The molecule has 1 saturated heterocycles. The summed E-state index contributed by atoms with van der Waals surface area (Å²) in [4.78, 5) is 13.4. The van der Waals surface area contributed by atoms with Gasteiger partial charge < -0.3 is 0 Å². The van der Waals surface area contributed by atoms with Crippen molar-refractivity contribution in [2.75, 3.05) is 13.1 Å². The minimum absolute atomic E-state index is 0.341. The second-order valence-electron chi connectivity index (χ2n) is 3.94. The van der Waals surface area contributed by atoms with Gasteiger partial charge in [-0.2, -0.15) is 0 Å². The molecule has 0 bridgehead atoms. The van der Waals surface area contributed by atoms with Gasteiger partial charge in [0.25, 0.3) is 0 Å². The van der Waals surface area contributed by atoms with Crippen LogP contribution in [0.1, 0.15) is 18.4 Å². The van der Waals surface area contributed by atoms with Gasteiger partial charge in [-0.05, 0) is 24.6 Å². The Balaban J connectivity index is 2.02. The molecule has 0 atom stereocenters. The predicted octanol–water partition coefficient (Wildman–Crippen LogP) is 2.50. The molecule has 2 nitrogen and oxygen atoms in total. The van der Waals surface area contributed by atoms with Gasteiger partial charge >= 0.3 is 0 Å². The fourth-order valence-corrected chi connectivity index (χ4v) is 2.11. The topological polar surface area (TPSA) is 20.3 Å². The Morgan fingerprint density at radius 2 is 2.13 bits per heavy atom. The monoisotopic (exact) mass is 223 g/mol. The number of ketones is 1. The third-order valence-electron chi connectivity index (χ3n) is 2.68. The van der Waals surface area contributed by atoms with Gasteiger partial charge in [0.2, 0.25) is 0 Å². The number of rotatable bonds is 2. The van der Waals surface area contributed by atoms with Crippen molar-refractivity contribution in [3.63, 3.8) is 0 Å². The third kappa shape index (κ3) is 2.80. The van der Waals surface area contributed by atoms with Gasteiger partial charge in [0.05, 0.1) is 6.54 Å². The molecule has 0 unspecified atom stereocenters. The number of carbonyl (C=O) groups is 1. The summed E-state index contributed by atoms with van der Waals surface area (Å²) < 4.78 is 0. The lowest BCUT2D eigenvalue weighted by Crippen LogP contribution is -2.35. The number of benzene rings is 1. The summed E-state index contributed by atoms with van der Waals surface area (Å²) in [6.45, 7) is 2.35. The van der Waals surface area contributed by atoms with Gasteiger partial charge in [0.1, 0.15) is 5.78 Å². The Labute approximate surface area is 94.8 Å². The molecule has 15 heavy (non-hydrogen) atoms. The highest BCUT2D eigenvalue weighted by molar-refractivity contribution is 6.31. The standard InChI is InChI=1S/C12H14ClNO/c13-12-6-2-1-4-10(12)8-14-7-3-5-11(15)9-14/h1-2,4,6H,3,5,7-9H2. The molecular weight excluding hydrogens is 210 g/mol. The highest BCUT2D eigenvalue weighted by Gasteiger charge is 2.17. The predicted molar refractivity (Wildman–Crippen MR) is 61.0 cm³/mol. The highest BCUT2D eigenvalue weighted by atomic mass is 35.5. The fraction of sp³-hybridized carbons (Fsp3) is 0.417. The van der Waals surface area contributed by atoms with Crippen LogP contribution in [0.25, 0.3) is 0 Å². The number of hydrogen-bond acceptors (Lipinski definition) is 2. The van der Waals surface area contributed by atoms with Crippen molar-refractivity contribution in [2.24, 2.45) is 0 Å². The molecule has 1 fully saturated rings. The van der Waals surface area contributed by atoms with Crippen molar-refractivity contribution in [3.05, 3.63) is 34.9 Å². The van der Waals surface area contributed by atoms with Gasteiger partial charge in [-0.1, -0.05) is 29.8 Å². The Hall–Kier alpha value is -0.860. The maximum absolute atomic E-state index is 11.3. The van der Waals surface area contributed by atoms with E-state index in [1.54, 1.807) is 0 Å². The van der Waals surface area contributed by atoms with Crippen LogP contribution in [0, 0.1) is 0 Å². The Morgan fingerprint density at radius 3 is 2.87 bits per heavy atom. The lowest BCUT2D eigenvalue weighted by molar-refractivity contribution is -0.122. The molecule has 0 radical (unpaired) electrons. The minimum atomic E-state index is 0.341. The maximum atomic E-state index is 11.3. The van der Waals surface area contributed by atoms with Gasteiger partial charge in [0, 0.05) is 18.0 Å². The second-order valence-corrected chi connectivity index (χ2v) is 4.35. The second kappa shape index (κ2) is 4.77. The van der Waals surface area contributed by atoms with E-state index in [1.807, 2.05) is 24.3 Å². The fourth-order valence-electron chi connectivity index (χ4n) is 1.91. The van der Waals surface area contributed by atoms with E-state index in [4.69, 9.17) is 11.6 Å². The summed E-state index contributed by atoms with van der Waals surface area (Å²) in [6, 6.07) is 7.81. The van der Waals surface area contributed by atoms with E-state index in [0.29, 0.717) is 12.3 Å². The SMILES string of the molecule is O=C1CCCN(Cc2ccccc2Cl)C1. The molecule has 0 spiro atoms. The molecule has 1 heterocycles. The van der Waals surface area contributed by atoms with Crippen LogP contribution in [0.5, 0.6) is 0 Å². The van der Waals surface area contributed by atoms with Crippen molar-refractivity contribution in [2.45, 2.75) is 19.4 Å². The van der Waals surface area contributed by atoms with Gasteiger partial charge in [-0.25, -0.2) is 0 Å². The highest BCUT2D eigenvalue weighted by Crippen LogP contribution is 2.18. The molecule has 3 heteroatoms. The van der Waals surface area contributed by atoms with Crippen molar-refractivity contribution in [1.29, 1.82) is 0 Å². The summed E-state index contributed by atoms with van der Waals surface area (Å²) in [5.41, 5.74) is 1.11. The molecule has 1 aliphatic rings. The zero-order chi connectivity index (χ0) is 10.7. The van der Waals surface area contributed by atoms with E-state index < -0.39 is 0 Å². The number of piperidine rings is 1. The maximum Gasteiger partial charge on any atom is 0.146 e. The lowest BCUT2D eigenvalue weighted by Gasteiger charge is -2.25. The first-order valence-electron chi connectivity index (χ1n) is 5.23. The third-order valence-corrected chi connectivity index (χ3v) is 3.05. The summed E-state index contributed by atoms with van der Waals surface area (Å²) in [5, 5.41) is 0.788. The van der Waals surface area contributed by atoms with Crippen LogP contribution in [0.4, 0.5) is 0 Å². The zero-order valence-corrected chi connectivity index (χ0v) is 9.33. The average Bonchev–Trinajstić information content (AvgIpc) is 2.22. The number of carbonyl (C=O) groups excluding carboxylic acids is 1. The van der Waals surface area contributed by atoms with Crippen LogP contribution in [-0.4, -0.2) is 23.8 Å². The number of hydrogen-bond donors (Lipinski definition) is 0. The molecule has 0 aromatic heterocycles. The Bertz CT molecular complexity index is 364. The molecule has 0 amide bonds. The van der Waals surface area contributed by atoms with Crippen LogP contribution in [-0.2, 0) is 11.3 Å². The number of halogens is 1. The molecule has 80 valence electrons. The molecule has 0 aliphatic carbocycles. The largest absolute Gasteiger partial charge is 0.298 e. The zero-order valence-electron chi connectivity index (χ0n) is 8.58. The van der Waals surface area contributed by atoms with E-state index in [0.717, 1.165) is 36.5 Å². The van der Waals surface area contributed by atoms with E-state index in [2.05, 4.69) is 4.90 Å². The smallest absolute Gasteiger partial charge is 0.146 e. The van der Waals surface area contributed by atoms with Gasteiger partial charge in [-0.15, -0.1) is 0 Å². The lowest BCUT2D eigenvalue weighted by atomic mass is 10.1. The van der Waals surface area contributed by atoms with Crippen LogP contribution >= 0.6 is 11.6 Å². The van der Waals surface area contributed by atoms with Crippen molar-refractivity contribution in [3.8, 4) is 0 Å². The van der Waals surface area contributed by atoms with E-state index in [1.165, 1.54) is 0 Å². The first-order valence-corrected chi connectivity index (χ1v) is 5.61. The summed E-state index contributed by atoms with van der Waals surface area (Å²) in [7, 11) is 0. The Morgan fingerprint density at radius 1 is 1.33 bits per heavy atom. The molecule has 0 N–H and O–H groups in total. The van der Waals surface area contributed by atoms with Crippen LogP contribution in [0.3, 0.4) is 0 Å². The number of likely N-dealkylation sites (tertiary alicyclic amines) is 1. The van der Waals surface area contributed by atoms with Gasteiger partial charge in [-0.3, -0.25) is 9.69 Å². The van der Waals surface area contributed by atoms with E-state index in [9.17, 15) is 4.79 Å². The number of nitrogens with zero attached hydrogens (tertiary/aromatic N) is 1. The molecule has 1 aromatic carbocycles. The quantitative estimate of drug-likeness (QED) is 0.768. The van der Waals surface area contributed by atoms with Crippen LogP contribution in [0.15, 0.2) is 24.3 Å². The first kappa shape index (κ1) is 10.7. The molecule has 0 saturated carbocycles. The van der Waals surface area contributed by atoms with Crippen molar-refractivity contribution >= 4 is 17.4 Å². The van der Waals surface area contributed by atoms with E-state index >= 15 is 0 Å². The first-order chi connectivity index (χ1) is 7.25. The number of Topliss-reactive ketones (excluding diaryl/α,β-unsaturated/α-hetero) is 1. The molecule has 2 rings (SSSR count). The molecule has 1 aliphatic heterocycles. The normalized spacial score (nSPS) is 18.1. The molecular formula is C12H14ClNO.